The number of nitrogens with one attached hydrogen (secondary N) is 3. The first kappa shape index (κ1) is 11.2. The van der Waals surface area contributed by atoms with Crippen molar-refractivity contribution in [2.45, 2.75) is 19.3 Å². The van der Waals surface area contributed by atoms with E-state index in [-0.39, 0.29) is 11.5 Å². The normalized spacial score (nSPS) is 20.3. The fraction of sp³-hybridized carbons (Fsp3) is 0.545. The number of imidazole rings is 1. The Kier molecular flexibility index (Phi) is 2.75. The maximum atomic E-state index is 11.6. The largest absolute Gasteiger partial charge is 0.369 e. The molecule has 1 saturated heterocycles. The topological polar surface area (TPSA) is 112 Å². The van der Waals surface area contributed by atoms with Gasteiger partial charge < -0.3 is 16.0 Å². The van der Waals surface area contributed by atoms with Gasteiger partial charge in [-0.3, -0.25) is 9.78 Å². The second-order valence-electron chi connectivity index (χ2n) is 4.75. The van der Waals surface area contributed by atoms with Crippen LogP contribution in [-0.4, -0.2) is 33.0 Å². The van der Waals surface area contributed by atoms with Crippen molar-refractivity contribution in [1.29, 1.82) is 0 Å². The molecule has 18 heavy (non-hydrogen) atoms. The summed E-state index contributed by atoms with van der Waals surface area (Å²) >= 11 is 0. The number of aromatic nitrogens is 4. The van der Waals surface area contributed by atoms with Crippen LogP contribution in [-0.2, 0) is 6.42 Å². The van der Waals surface area contributed by atoms with Crippen molar-refractivity contribution in [3.8, 4) is 0 Å². The van der Waals surface area contributed by atoms with Crippen LogP contribution < -0.4 is 16.6 Å². The number of rotatable bonds is 2. The van der Waals surface area contributed by atoms with Crippen LogP contribution >= 0.6 is 0 Å². The number of piperidine rings is 1. The quantitative estimate of drug-likeness (QED) is 0.586. The average molecular weight is 248 g/mol. The van der Waals surface area contributed by atoms with Gasteiger partial charge in [-0.25, -0.2) is 4.98 Å². The molecule has 3 rings (SSSR count). The highest BCUT2D eigenvalue weighted by molar-refractivity contribution is 5.70. The van der Waals surface area contributed by atoms with Crippen molar-refractivity contribution in [3.05, 3.63) is 16.2 Å². The van der Waals surface area contributed by atoms with Crippen molar-refractivity contribution < 1.29 is 0 Å². The van der Waals surface area contributed by atoms with Gasteiger partial charge in [-0.2, -0.15) is 4.98 Å². The summed E-state index contributed by atoms with van der Waals surface area (Å²) in [6.07, 6.45) is 3.22. The summed E-state index contributed by atoms with van der Waals surface area (Å²) in [5.41, 5.74) is 6.03. The van der Waals surface area contributed by atoms with E-state index in [1.54, 1.807) is 0 Å². The van der Waals surface area contributed by atoms with E-state index in [4.69, 9.17) is 5.73 Å². The second kappa shape index (κ2) is 4.41. The number of nitrogens with two attached hydrogens (primary N) is 1. The predicted octanol–water partition coefficient (Wildman–Crippen LogP) is -0.230. The number of hydrogen-bond acceptors (Lipinski definition) is 5. The van der Waals surface area contributed by atoms with Gasteiger partial charge in [-0.15, -0.1) is 0 Å². The van der Waals surface area contributed by atoms with E-state index in [1.165, 1.54) is 12.8 Å². The molecule has 2 aromatic heterocycles. The number of fused-ring (bicyclic) bond motifs is 1. The Labute approximate surface area is 103 Å². The highest BCUT2D eigenvalue weighted by Gasteiger charge is 2.16. The molecule has 1 unspecified atom stereocenters. The highest BCUT2D eigenvalue weighted by atomic mass is 16.1. The zero-order valence-electron chi connectivity index (χ0n) is 9.99. The van der Waals surface area contributed by atoms with Gasteiger partial charge in [-0.05, 0) is 31.8 Å². The Morgan fingerprint density at radius 3 is 3.00 bits per heavy atom. The van der Waals surface area contributed by atoms with Crippen LogP contribution in [0.5, 0.6) is 0 Å². The molecule has 1 atom stereocenters. The molecule has 1 fully saturated rings. The minimum Gasteiger partial charge on any atom is -0.369 e. The van der Waals surface area contributed by atoms with E-state index >= 15 is 0 Å². The molecule has 0 aliphatic carbocycles. The Morgan fingerprint density at radius 1 is 1.33 bits per heavy atom. The third-order valence-electron chi connectivity index (χ3n) is 3.31. The van der Waals surface area contributed by atoms with Crippen molar-refractivity contribution in [2.75, 3.05) is 18.8 Å². The summed E-state index contributed by atoms with van der Waals surface area (Å²) < 4.78 is 0. The smallest absolute Gasteiger partial charge is 0.278 e. The SMILES string of the molecule is Nc1nc2nc(CC3CCCNC3)[nH]c2c(=O)[nH]1. The lowest BCUT2D eigenvalue weighted by atomic mass is 9.96. The summed E-state index contributed by atoms with van der Waals surface area (Å²) in [5.74, 6) is 1.47. The molecule has 7 heteroatoms. The third kappa shape index (κ3) is 2.08. The Balaban J connectivity index is 1.88. The molecular weight excluding hydrogens is 232 g/mol. The fourth-order valence-corrected chi connectivity index (χ4v) is 2.44. The van der Waals surface area contributed by atoms with E-state index in [0.717, 1.165) is 25.3 Å². The molecule has 1 aliphatic heterocycles. The predicted molar refractivity (Wildman–Crippen MR) is 68.2 cm³/mol. The molecular formula is C11H16N6O. The van der Waals surface area contributed by atoms with Gasteiger partial charge in [0.1, 0.15) is 5.82 Å². The molecule has 0 spiro atoms. The van der Waals surface area contributed by atoms with Crippen molar-refractivity contribution in [2.24, 2.45) is 5.92 Å². The summed E-state index contributed by atoms with van der Waals surface area (Å²) in [7, 11) is 0. The molecule has 0 amide bonds. The first-order chi connectivity index (χ1) is 8.72. The van der Waals surface area contributed by atoms with E-state index < -0.39 is 0 Å². The van der Waals surface area contributed by atoms with Gasteiger partial charge in [0.25, 0.3) is 5.56 Å². The minimum absolute atomic E-state index is 0.102. The van der Waals surface area contributed by atoms with Crippen LogP contribution in [0.2, 0.25) is 0 Å². The van der Waals surface area contributed by atoms with Crippen LogP contribution in [0.25, 0.3) is 11.2 Å². The number of nitrogen functional groups attached to an aromatic ring is 1. The van der Waals surface area contributed by atoms with Crippen LogP contribution in [0.15, 0.2) is 4.79 Å². The van der Waals surface area contributed by atoms with Crippen LogP contribution in [0.4, 0.5) is 5.95 Å². The lowest BCUT2D eigenvalue weighted by Crippen LogP contribution is -2.31. The number of H-pyrrole nitrogens is 2. The summed E-state index contributed by atoms with van der Waals surface area (Å²) in [4.78, 5) is 25.5. The lowest BCUT2D eigenvalue weighted by molar-refractivity contribution is 0.371. The number of nitrogens with zero attached hydrogens (tertiary/aromatic N) is 2. The molecule has 7 nitrogen and oxygen atoms in total. The molecule has 0 radical (unpaired) electrons. The number of aromatic amines is 2. The van der Waals surface area contributed by atoms with Crippen molar-refractivity contribution in [1.82, 2.24) is 25.3 Å². The van der Waals surface area contributed by atoms with Crippen LogP contribution in [0, 0.1) is 5.92 Å². The average Bonchev–Trinajstić information content (AvgIpc) is 2.73. The van der Waals surface area contributed by atoms with Gasteiger partial charge in [0.15, 0.2) is 11.2 Å². The van der Waals surface area contributed by atoms with E-state index in [2.05, 4.69) is 25.3 Å². The van der Waals surface area contributed by atoms with Crippen molar-refractivity contribution in [3.63, 3.8) is 0 Å². The Morgan fingerprint density at radius 2 is 2.22 bits per heavy atom. The molecule has 0 bridgehead atoms. The van der Waals surface area contributed by atoms with Gasteiger partial charge in [0.2, 0.25) is 5.95 Å². The molecule has 0 aromatic carbocycles. The summed E-state index contributed by atoms with van der Waals surface area (Å²) in [6, 6.07) is 0. The zero-order valence-corrected chi connectivity index (χ0v) is 9.99. The van der Waals surface area contributed by atoms with E-state index in [1.807, 2.05) is 0 Å². The van der Waals surface area contributed by atoms with E-state index in [9.17, 15) is 4.79 Å². The minimum atomic E-state index is -0.266. The van der Waals surface area contributed by atoms with Gasteiger partial charge >= 0.3 is 0 Å². The second-order valence-corrected chi connectivity index (χ2v) is 4.75. The maximum absolute atomic E-state index is 11.6. The standard InChI is InChI=1S/C11H16N6O/c12-11-16-9-8(10(18)17-11)14-7(15-9)4-6-2-1-3-13-5-6/h6,13H,1-5H2,(H4,12,14,15,16,17,18). The molecule has 96 valence electrons. The van der Waals surface area contributed by atoms with Crippen molar-refractivity contribution >= 4 is 17.1 Å². The van der Waals surface area contributed by atoms with E-state index in [0.29, 0.717) is 17.1 Å². The van der Waals surface area contributed by atoms with Gasteiger partial charge in [-0.1, -0.05) is 0 Å². The third-order valence-corrected chi connectivity index (χ3v) is 3.31. The van der Waals surface area contributed by atoms with Gasteiger partial charge in [0.05, 0.1) is 0 Å². The lowest BCUT2D eigenvalue weighted by Gasteiger charge is -2.21. The van der Waals surface area contributed by atoms with Crippen LogP contribution in [0.1, 0.15) is 18.7 Å². The summed E-state index contributed by atoms with van der Waals surface area (Å²) in [5, 5.41) is 3.36. The molecule has 3 heterocycles. The molecule has 2 aromatic rings. The monoisotopic (exact) mass is 248 g/mol. The maximum Gasteiger partial charge on any atom is 0.278 e. The Bertz CT molecular complexity index is 610. The first-order valence-corrected chi connectivity index (χ1v) is 6.17. The summed E-state index contributed by atoms with van der Waals surface area (Å²) in [6.45, 7) is 2.09. The Hall–Kier alpha value is -1.89. The molecule has 1 aliphatic rings. The number of hydrogen-bond donors (Lipinski definition) is 4. The molecule has 0 saturated carbocycles. The van der Waals surface area contributed by atoms with Gasteiger partial charge in [0, 0.05) is 6.42 Å². The zero-order chi connectivity index (χ0) is 12.5. The molecule has 5 N–H and O–H groups in total. The fourth-order valence-electron chi connectivity index (χ4n) is 2.44. The highest BCUT2D eigenvalue weighted by Crippen LogP contribution is 2.15. The number of anilines is 1. The van der Waals surface area contributed by atoms with Crippen LogP contribution in [0.3, 0.4) is 0 Å². The first-order valence-electron chi connectivity index (χ1n) is 6.17.